The molecule has 4 heteroatoms. The van der Waals surface area contributed by atoms with Gasteiger partial charge < -0.3 is 11.8 Å². The number of hydrogen-bond acceptors (Lipinski definition) is 1. The Morgan fingerprint density at radius 2 is 1.27 bits per heavy atom. The number of pyridine rings is 1. The van der Waals surface area contributed by atoms with E-state index in [0.717, 1.165) is 16.7 Å². The summed E-state index contributed by atoms with van der Waals surface area (Å²) >= 11 is 0. The minimum absolute atomic E-state index is 0. The van der Waals surface area contributed by atoms with Gasteiger partial charge in [0.15, 0.2) is 0 Å². The second kappa shape index (κ2) is 12.3. The zero-order chi connectivity index (χ0) is 24.9. The zero-order valence-corrected chi connectivity index (χ0v) is 28.0. The van der Waals surface area contributed by atoms with Gasteiger partial charge in [-0.15, -0.1) is 29.7 Å². The third kappa shape index (κ3) is 4.91. The molecule has 40 heavy (non-hydrogen) atoms. The maximum atomic E-state index is 5.03. The number of nitrogens with zero attached hydrogens (tertiary/aromatic N) is 2. The van der Waals surface area contributed by atoms with Gasteiger partial charge in [0.2, 0.25) is 0 Å². The smallest absolute Gasteiger partial charge is 0.0646 e. The van der Waals surface area contributed by atoms with Gasteiger partial charge in [0.25, 0.3) is 0 Å². The standard InChI is InChI=1S/C35H25N2.CH3.Ir.Y/c1-23-20-31-29-16-9-10-17-30(29)35-36-22-33(37(35)32(31)21-24(23)2)34-27(25-12-5-3-6-13-25)18-11-19-28(34)26-14-7-4-8-15-26;;;/h3-16,18-22H,1-2H3;1H3;;/q2*-1;;. The summed E-state index contributed by atoms with van der Waals surface area (Å²) in [6.45, 7) is 4.37. The number of rotatable bonds is 3. The van der Waals surface area contributed by atoms with Crippen molar-refractivity contribution in [2.45, 2.75) is 13.8 Å². The van der Waals surface area contributed by atoms with Crippen LogP contribution in [0.1, 0.15) is 11.1 Å². The molecule has 7 rings (SSSR count). The van der Waals surface area contributed by atoms with Gasteiger partial charge >= 0.3 is 0 Å². The third-order valence-corrected chi connectivity index (χ3v) is 7.47. The summed E-state index contributed by atoms with van der Waals surface area (Å²) in [5.74, 6) is 0. The van der Waals surface area contributed by atoms with Crippen molar-refractivity contribution in [3.05, 3.63) is 140 Å². The minimum Gasteiger partial charge on any atom is -0.358 e. The molecule has 0 aliphatic carbocycles. The van der Waals surface area contributed by atoms with Crippen LogP contribution in [0.15, 0.2) is 115 Å². The molecule has 0 bridgehead atoms. The van der Waals surface area contributed by atoms with Crippen LogP contribution in [-0.2, 0) is 52.8 Å². The predicted molar refractivity (Wildman–Crippen MR) is 161 cm³/mol. The number of hydrogen-bond donors (Lipinski definition) is 0. The normalized spacial score (nSPS) is 10.7. The van der Waals surface area contributed by atoms with Crippen molar-refractivity contribution < 1.29 is 52.8 Å². The van der Waals surface area contributed by atoms with E-state index in [9.17, 15) is 0 Å². The Morgan fingerprint density at radius 3 is 1.90 bits per heavy atom. The van der Waals surface area contributed by atoms with Gasteiger partial charge in [-0.25, -0.2) is 0 Å². The van der Waals surface area contributed by atoms with E-state index in [2.05, 4.69) is 127 Å². The maximum Gasteiger partial charge on any atom is 0.0646 e. The van der Waals surface area contributed by atoms with Crippen molar-refractivity contribution in [1.82, 2.24) is 9.38 Å². The number of aryl methyl sites for hydroxylation is 2. The van der Waals surface area contributed by atoms with Gasteiger partial charge in [-0.2, -0.15) is 0 Å². The van der Waals surface area contributed by atoms with Crippen LogP contribution in [-0.4, -0.2) is 9.38 Å². The van der Waals surface area contributed by atoms with Crippen LogP contribution >= 0.6 is 0 Å². The third-order valence-electron chi connectivity index (χ3n) is 7.47. The van der Waals surface area contributed by atoms with E-state index in [0.29, 0.717) is 0 Å². The molecular weight excluding hydrogens is 742 g/mol. The average molecular weight is 770 g/mol. The monoisotopic (exact) mass is 770 g/mol. The summed E-state index contributed by atoms with van der Waals surface area (Å²) in [5.41, 5.74) is 11.7. The Labute approximate surface area is 274 Å². The molecule has 5 aromatic carbocycles. The SMILES string of the molecule is Cc1cc2c3ccc[c-]c3c3ncc(-c4c(-c5ccccc5)cccc4-c4ccccc4)n3c2cc1C.[CH3-].[Ir].[Y]. The van der Waals surface area contributed by atoms with E-state index in [1.165, 1.54) is 55.2 Å². The van der Waals surface area contributed by atoms with Gasteiger partial charge in [-0.3, -0.25) is 4.98 Å². The molecular formula is C36H28IrN2Y-2. The van der Waals surface area contributed by atoms with E-state index in [-0.39, 0.29) is 60.2 Å². The van der Waals surface area contributed by atoms with Gasteiger partial charge in [0, 0.05) is 70.1 Å². The fourth-order valence-corrected chi connectivity index (χ4v) is 5.54. The largest absolute Gasteiger partial charge is 0.358 e. The minimum atomic E-state index is 0. The summed E-state index contributed by atoms with van der Waals surface area (Å²) in [7, 11) is 0. The van der Waals surface area contributed by atoms with Crippen LogP contribution in [0.2, 0.25) is 0 Å². The van der Waals surface area contributed by atoms with Crippen LogP contribution in [0.25, 0.3) is 60.8 Å². The van der Waals surface area contributed by atoms with Crippen LogP contribution in [0.5, 0.6) is 0 Å². The molecule has 0 N–H and O–H groups in total. The second-order valence-corrected chi connectivity index (χ2v) is 9.68. The Kier molecular flexibility index (Phi) is 9.23. The number of fused-ring (bicyclic) bond motifs is 6. The molecule has 0 unspecified atom stereocenters. The predicted octanol–water partition coefficient (Wildman–Crippen LogP) is 9.50. The second-order valence-electron chi connectivity index (χ2n) is 9.68. The van der Waals surface area contributed by atoms with Crippen LogP contribution in [0.4, 0.5) is 0 Å². The summed E-state index contributed by atoms with van der Waals surface area (Å²) in [6, 6.07) is 42.2. The quantitative estimate of drug-likeness (QED) is 0.129. The van der Waals surface area contributed by atoms with Gasteiger partial charge in [-0.1, -0.05) is 90.3 Å². The van der Waals surface area contributed by atoms with Crippen LogP contribution < -0.4 is 0 Å². The summed E-state index contributed by atoms with van der Waals surface area (Å²) in [6.07, 6.45) is 2.04. The molecule has 7 aromatic rings. The van der Waals surface area contributed by atoms with Gasteiger partial charge in [0.05, 0.1) is 11.3 Å². The molecule has 0 spiro atoms. The van der Waals surface area contributed by atoms with E-state index in [1.807, 2.05) is 12.3 Å². The number of imidazole rings is 1. The van der Waals surface area contributed by atoms with Gasteiger partial charge in [-0.05, 0) is 58.7 Å². The Hall–Kier alpha value is -2.94. The molecule has 2 heterocycles. The van der Waals surface area contributed by atoms with Crippen molar-refractivity contribution in [2.75, 3.05) is 0 Å². The van der Waals surface area contributed by atoms with Crippen LogP contribution in [0, 0.1) is 27.3 Å². The Balaban J connectivity index is 0.00000123. The van der Waals surface area contributed by atoms with Crippen molar-refractivity contribution >= 4 is 27.3 Å². The van der Waals surface area contributed by atoms with E-state index in [1.54, 1.807) is 0 Å². The topological polar surface area (TPSA) is 17.3 Å². The first kappa shape index (κ1) is 30.0. The number of aromatic nitrogens is 2. The molecule has 0 aliphatic rings. The average Bonchev–Trinajstić information content (AvgIpc) is 3.40. The first-order valence-corrected chi connectivity index (χ1v) is 12.7. The Morgan fingerprint density at radius 1 is 0.675 bits per heavy atom. The van der Waals surface area contributed by atoms with E-state index < -0.39 is 0 Å². The maximum absolute atomic E-state index is 5.03. The van der Waals surface area contributed by atoms with Crippen molar-refractivity contribution in [3.63, 3.8) is 0 Å². The summed E-state index contributed by atoms with van der Waals surface area (Å²) in [4.78, 5) is 5.03. The van der Waals surface area contributed by atoms with Crippen molar-refractivity contribution in [3.8, 4) is 33.5 Å². The molecule has 196 valence electrons. The van der Waals surface area contributed by atoms with Gasteiger partial charge in [0.1, 0.15) is 0 Å². The van der Waals surface area contributed by atoms with E-state index >= 15 is 0 Å². The number of benzene rings is 5. The molecule has 2 radical (unpaired) electrons. The first-order chi connectivity index (χ1) is 18.2. The molecule has 0 fully saturated rings. The zero-order valence-electron chi connectivity index (χ0n) is 22.8. The van der Waals surface area contributed by atoms with Crippen molar-refractivity contribution in [1.29, 1.82) is 0 Å². The molecule has 0 atom stereocenters. The first-order valence-electron chi connectivity index (χ1n) is 12.7. The summed E-state index contributed by atoms with van der Waals surface area (Å²) in [5, 5.41) is 3.45. The molecule has 0 aliphatic heterocycles. The molecule has 2 aromatic heterocycles. The molecule has 0 saturated heterocycles. The van der Waals surface area contributed by atoms with E-state index in [4.69, 9.17) is 4.98 Å². The molecule has 0 amide bonds. The summed E-state index contributed by atoms with van der Waals surface area (Å²) < 4.78 is 2.34. The molecule has 0 saturated carbocycles. The van der Waals surface area contributed by atoms with Crippen molar-refractivity contribution in [2.24, 2.45) is 0 Å². The fourth-order valence-electron chi connectivity index (χ4n) is 5.54. The van der Waals surface area contributed by atoms with Crippen LogP contribution in [0.3, 0.4) is 0 Å². The fraction of sp³-hybridized carbons (Fsp3) is 0.0556. The molecule has 2 nitrogen and oxygen atoms in total. The Bertz CT molecular complexity index is 1890.